The minimum absolute atomic E-state index is 0.0298. The van der Waals surface area contributed by atoms with Crippen molar-refractivity contribution in [1.29, 1.82) is 0 Å². The summed E-state index contributed by atoms with van der Waals surface area (Å²) in [6.07, 6.45) is 3.14. The summed E-state index contributed by atoms with van der Waals surface area (Å²) in [4.78, 5) is 24.4. The number of amides is 2. The molecule has 2 unspecified atom stereocenters. The molecule has 0 bridgehead atoms. The fourth-order valence-electron chi connectivity index (χ4n) is 4.03. The Bertz CT molecular complexity index is 881. The average Bonchev–Trinajstić information content (AvgIpc) is 2.72. The van der Waals surface area contributed by atoms with Crippen LogP contribution >= 0.6 is 0 Å². The van der Waals surface area contributed by atoms with Gasteiger partial charge in [0.1, 0.15) is 0 Å². The van der Waals surface area contributed by atoms with Gasteiger partial charge in [-0.1, -0.05) is 30.3 Å². The predicted molar refractivity (Wildman–Crippen MR) is 100 cm³/mol. The number of aryl methyl sites for hydroxylation is 1. The largest absolute Gasteiger partial charge is 0.352 e. The highest BCUT2D eigenvalue weighted by atomic mass is 16.5. The maximum absolute atomic E-state index is 12.7. The van der Waals surface area contributed by atoms with Crippen LogP contribution in [0.3, 0.4) is 0 Å². The molecule has 4 rings (SSSR count). The molecule has 0 saturated heterocycles. The van der Waals surface area contributed by atoms with Crippen molar-refractivity contribution in [2.45, 2.75) is 44.3 Å². The Morgan fingerprint density at radius 2 is 1.81 bits per heavy atom. The molecule has 2 aromatic carbocycles. The molecule has 0 aromatic heterocycles. The number of hydroxylamine groups is 1. The van der Waals surface area contributed by atoms with Crippen molar-refractivity contribution in [2.75, 3.05) is 0 Å². The summed E-state index contributed by atoms with van der Waals surface area (Å²) in [5.41, 5.74) is 6.81. The highest BCUT2D eigenvalue weighted by Gasteiger charge is 2.27. The molecule has 0 fully saturated rings. The maximum Gasteiger partial charge on any atom is 0.274 e. The molecular weight excluding hydrogens is 342 g/mol. The normalized spacial score (nSPS) is 20.9. The summed E-state index contributed by atoms with van der Waals surface area (Å²) in [5, 5.41) is 15.3. The number of fused-ring (bicyclic) bond motifs is 2. The van der Waals surface area contributed by atoms with E-state index < -0.39 is 5.91 Å². The Balaban J connectivity index is 1.41. The fraction of sp³-hybridized carbons (Fsp3) is 0.333. The summed E-state index contributed by atoms with van der Waals surface area (Å²) in [7, 11) is 0. The Labute approximate surface area is 157 Å². The summed E-state index contributed by atoms with van der Waals surface area (Å²) < 4.78 is 0. The monoisotopic (exact) mass is 365 g/mol. The Hall–Kier alpha value is -2.70. The molecule has 0 radical (unpaired) electrons. The SMILES string of the molecule is O=C(NO)c1ccc2c(c1)CC(NC(=O)C1Cc3ccccc3CN1)CC2. The minimum Gasteiger partial charge on any atom is -0.352 e. The van der Waals surface area contributed by atoms with Crippen LogP contribution in [-0.4, -0.2) is 29.1 Å². The molecule has 0 spiro atoms. The van der Waals surface area contributed by atoms with E-state index in [9.17, 15) is 9.59 Å². The Morgan fingerprint density at radius 1 is 1.00 bits per heavy atom. The van der Waals surface area contributed by atoms with E-state index >= 15 is 0 Å². The van der Waals surface area contributed by atoms with Gasteiger partial charge in [-0.25, -0.2) is 5.48 Å². The van der Waals surface area contributed by atoms with E-state index in [1.807, 2.05) is 18.2 Å². The van der Waals surface area contributed by atoms with E-state index in [1.165, 1.54) is 16.7 Å². The van der Waals surface area contributed by atoms with Crippen molar-refractivity contribution in [3.05, 3.63) is 70.3 Å². The van der Waals surface area contributed by atoms with Gasteiger partial charge in [-0.3, -0.25) is 14.8 Å². The minimum atomic E-state index is -0.519. The van der Waals surface area contributed by atoms with Crippen LogP contribution in [0, 0.1) is 0 Å². The van der Waals surface area contributed by atoms with Crippen LogP contribution in [0.1, 0.15) is 39.0 Å². The van der Waals surface area contributed by atoms with Gasteiger partial charge in [0, 0.05) is 18.2 Å². The molecule has 2 atom stereocenters. The molecular formula is C21H23N3O3. The van der Waals surface area contributed by atoms with Crippen molar-refractivity contribution in [1.82, 2.24) is 16.1 Å². The summed E-state index contributed by atoms with van der Waals surface area (Å²) in [6.45, 7) is 0.710. The standard InChI is InChI=1S/C21H23N3O3/c25-20(24-27)15-6-5-13-7-8-18(10-17(13)9-15)23-21(26)19-11-14-3-1-2-4-16(14)12-22-19/h1-6,9,18-19,22,27H,7-8,10-12H2,(H,23,26)(H,24,25). The topological polar surface area (TPSA) is 90.5 Å². The van der Waals surface area contributed by atoms with E-state index in [2.05, 4.69) is 22.8 Å². The van der Waals surface area contributed by atoms with Crippen molar-refractivity contribution >= 4 is 11.8 Å². The van der Waals surface area contributed by atoms with Gasteiger partial charge in [-0.15, -0.1) is 0 Å². The molecule has 1 aliphatic heterocycles. The zero-order valence-electron chi connectivity index (χ0n) is 15.0. The van der Waals surface area contributed by atoms with E-state index in [1.54, 1.807) is 17.6 Å². The molecule has 4 N–H and O–H groups in total. The van der Waals surface area contributed by atoms with Gasteiger partial charge in [0.15, 0.2) is 0 Å². The number of carbonyl (C=O) groups excluding carboxylic acids is 2. The lowest BCUT2D eigenvalue weighted by Crippen LogP contribution is -2.51. The van der Waals surface area contributed by atoms with Gasteiger partial charge in [-0.2, -0.15) is 0 Å². The number of carbonyl (C=O) groups is 2. The van der Waals surface area contributed by atoms with Crippen molar-refractivity contribution < 1.29 is 14.8 Å². The number of rotatable bonds is 3. The molecule has 2 amide bonds. The summed E-state index contributed by atoms with van der Waals surface area (Å²) >= 11 is 0. The van der Waals surface area contributed by atoms with Crippen LogP contribution in [0.2, 0.25) is 0 Å². The smallest absolute Gasteiger partial charge is 0.274 e. The predicted octanol–water partition coefficient (Wildman–Crippen LogP) is 1.49. The van der Waals surface area contributed by atoms with Crippen molar-refractivity contribution in [3.8, 4) is 0 Å². The molecule has 27 heavy (non-hydrogen) atoms. The second kappa shape index (κ2) is 7.50. The third-order valence-corrected chi connectivity index (χ3v) is 5.54. The van der Waals surface area contributed by atoms with E-state index in [0.29, 0.717) is 24.9 Å². The Morgan fingerprint density at radius 3 is 2.63 bits per heavy atom. The third kappa shape index (κ3) is 3.72. The van der Waals surface area contributed by atoms with Gasteiger partial charge in [0.05, 0.1) is 6.04 Å². The van der Waals surface area contributed by atoms with Crippen LogP contribution in [0.25, 0.3) is 0 Å². The van der Waals surface area contributed by atoms with Crippen molar-refractivity contribution in [3.63, 3.8) is 0 Å². The number of hydrogen-bond acceptors (Lipinski definition) is 4. The molecule has 140 valence electrons. The van der Waals surface area contributed by atoms with Gasteiger partial charge in [-0.05, 0) is 60.1 Å². The van der Waals surface area contributed by atoms with Crippen LogP contribution in [0.5, 0.6) is 0 Å². The number of nitrogens with one attached hydrogen (secondary N) is 3. The van der Waals surface area contributed by atoms with E-state index in [4.69, 9.17) is 5.21 Å². The first-order valence-corrected chi connectivity index (χ1v) is 9.31. The van der Waals surface area contributed by atoms with Crippen LogP contribution in [0.15, 0.2) is 42.5 Å². The molecule has 0 saturated carbocycles. The van der Waals surface area contributed by atoms with Crippen LogP contribution in [-0.2, 0) is 30.6 Å². The van der Waals surface area contributed by atoms with Gasteiger partial charge in [0.25, 0.3) is 5.91 Å². The first-order chi connectivity index (χ1) is 13.1. The Kier molecular flexibility index (Phi) is 4.92. The fourth-order valence-corrected chi connectivity index (χ4v) is 4.03. The highest BCUT2D eigenvalue weighted by molar-refractivity contribution is 5.93. The second-order valence-electron chi connectivity index (χ2n) is 7.28. The van der Waals surface area contributed by atoms with Gasteiger partial charge < -0.3 is 10.6 Å². The molecule has 2 aliphatic rings. The quantitative estimate of drug-likeness (QED) is 0.490. The highest BCUT2D eigenvalue weighted by Crippen LogP contribution is 2.23. The lowest BCUT2D eigenvalue weighted by molar-refractivity contribution is -0.124. The average molecular weight is 365 g/mol. The van der Waals surface area contributed by atoms with Gasteiger partial charge in [0.2, 0.25) is 5.91 Å². The lowest BCUT2D eigenvalue weighted by atomic mass is 9.86. The molecule has 1 aliphatic carbocycles. The summed E-state index contributed by atoms with van der Waals surface area (Å²) in [6, 6.07) is 13.5. The number of benzene rings is 2. The molecule has 6 nitrogen and oxygen atoms in total. The van der Waals surface area contributed by atoms with Gasteiger partial charge >= 0.3 is 0 Å². The molecule has 6 heteroatoms. The zero-order chi connectivity index (χ0) is 18.8. The van der Waals surface area contributed by atoms with E-state index in [0.717, 1.165) is 18.4 Å². The van der Waals surface area contributed by atoms with Crippen LogP contribution < -0.4 is 16.1 Å². The lowest BCUT2D eigenvalue weighted by Gasteiger charge is -2.30. The second-order valence-corrected chi connectivity index (χ2v) is 7.28. The first-order valence-electron chi connectivity index (χ1n) is 9.31. The van der Waals surface area contributed by atoms with Crippen molar-refractivity contribution in [2.24, 2.45) is 0 Å². The zero-order valence-corrected chi connectivity index (χ0v) is 15.0. The molecule has 1 heterocycles. The summed E-state index contributed by atoms with van der Waals surface area (Å²) in [5.74, 6) is -0.490. The first kappa shape index (κ1) is 17.7. The third-order valence-electron chi connectivity index (χ3n) is 5.54. The molecule has 2 aromatic rings. The van der Waals surface area contributed by atoms with E-state index in [-0.39, 0.29) is 18.0 Å². The maximum atomic E-state index is 12.7. The number of hydrogen-bond donors (Lipinski definition) is 4. The van der Waals surface area contributed by atoms with Crippen LogP contribution in [0.4, 0.5) is 0 Å².